The molecule has 0 saturated heterocycles. The zero-order chi connectivity index (χ0) is 12.0. The summed E-state index contributed by atoms with van der Waals surface area (Å²) in [5, 5.41) is 0. The van der Waals surface area contributed by atoms with Crippen molar-refractivity contribution in [3.05, 3.63) is 29.8 Å². The Labute approximate surface area is 101 Å². The van der Waals surface area contributed by atoms with Crippen molar-refractivity contribution >= 4 is 5.69 Å². The Morgan fingerprint density at radius 1 is 0.875 bits per heavy atom. The van der Waals surface area contributed by atoms with E-state index in [2.05, 4.69) is 52.3 Å². The summed E-state index contributed by atoms with van der Waals surface area (Å²) < 4.78 is 0.899. The lowest BCUT2D eigenvalue weighted by molar-refractivity contribution is 0.486. The average molecular weight is 220 g/mol. The van der Waals surface area contributed by atoms with Crippen molar-refractivity contribution in [3.63, 3.8) is 0 Å². The number of nitrogens with zero attached hydrogens (tertiary/aromatic N) is 1. The molecule has 0 radical (unpaired) electrons. The van der Waals surface area contributed by atoms with Gasteiger partial charge in [-0.15, -0.1) is 0 Å². The number of quaternary nitrogens is 1. The maximum absolute atomic E-state index is 2.28. The minimum atomic E-state index is 0.899. The van der Waals surface area contributed by atoms with E-state index in [1.807, 2.05) is 0 Å². The molecule has 0 aliphatic rings. The lowest BCUT2D eigenvalue weighted by atomic mass is 10.1. The van der Waals surface area contributed by atoms with Crippen molar-refractivity contribution in [2.24, 2.45) is 0 Å². The van der Waals surface area contributed by atoms with Gasteiger partial charge in [-0.1, -0.05) is 38.3 Å². The summed E-state index contributed by atoms with van der Waals surface area (Å²) in [4.78, 5) is 0. The van der Waals surface area contributed by atoms with Crippen molar-refractivity contribution in [2.45, 2.75) is 39.0 Å². The fourth-order valence-electron chi connectivity index (χ4n) is 1.87. The van der Waals surface area contributed by atoms with Gasteiger partial charge in [0.15, 0.2) is 0 Å². The molecule has 0 unspecified atom stereocenters. The predicted molar refractivity (Wildman–Crippen MR) is 73.9 cm³/mol. The Morgan fingerprint density at radius 2 is 1.50 bits per heavy atom. The van der Waals surface area contributed by atoms with E-state index >= 15 is 0 Å². The van der Waals surface area contributed by atoms with Gasteiger partial charge in [0.1, 0.15) is 5.69 Å². The van der Waals surface area contributed by atoms with Gasteiger partial charge in [-0.3, -0.25) is 4.48 Å². The third-order valence-electron chi connectivity index (χ3n) is 3.03. The van der Waals surface area contributed by atoms with E-state index in [-0.39, 0.29) is 0 Å². The molecule has 0 aliphatic carbocycles. The van der Waals surface area contributed by atoms with E-state index in [4.69, 9.17) is 0 Å². The molecule has 0 saturated carbocycles. The highest BCUT2D eigenvalue weighted by molar-refractivity contribution is 5.42. The minimum absolute atomic E-state index is 0.899. The van der Waals surface area contributed by atoms with Crippen LogP contribution in [0.3, 0.4) is 0 Å². The van der Waals surface area contributed by atoms with Gasteiger partial charge in [0.25, 0.3) is 0 Å². The van der Waals surface area contributed by atoms with Crippen LogP contribution >= 0.6 is 0 Å². The molecule has 1 heteroatoms. The standard InChI is InChI=1S/C15H26N/c1-5-6-7-8-9-14-10-12-15(13-11-14)16(2,3)4/h10-13H,5-9H2,1-4H3/q+1. The Kier molecular flexibility index (Phi) is 5.01. The number of rotatable bonds is 6. The quantitative estimate of drug-likeness (QED) is 0.502. The molecular weight excluding hydrogens is 194 g/mol. The Bertz CT molecular complexity index is 292. The molecule has 0 N–H and O–H groups in total. The summed E-state index contributed by atoms with van der Waals surface area (Å²) in [6, 6.07) is 9.08. The van der Waals surface area contributed by atoms with Gasteiger partial charge in [-0.05, 0) is 30.5 Å². The fraction of sp³-hybridized carbons (Fsp3) is 0.600. The second-order valence-electron chi connectivity index (χ2n) is 5.49. The minimum Gasteiger partial charge on any atom is -0.298 e. The average Bonchev–Trinajstić information content (AvgIpc) is 2.24. The first-order valence-electron chi connectivity index (χ1n) is 6.45. The van der Waals surface area contributed by atoms with Crippen LogP contribution in [0.4, 0.5) is 5.69 Å². The maximum atomic E-state index is 2.28. The molecule has 0 aliphatic heterocycles. The predicted octanol–water partition coefficient (Wildman–Crippen LogP) is 4.01. The number of hydrogen-bond acceptors (Lipinski definition) is 0. The van der Waals surface area contributed by atoms with Crippen LogP contribution in [-0.2, 0) is 6.42 Å². The van der Waals surface area contributed by atoms with Crippen LogP contribution in [0.2, 0.25) is 0 Å². The Balaban J connectivity index is 2.46. The lowest BCUT2D eigenvalue weighted by Crippen LogP contribution is -2.34. The number of aryl methyl sites for hydroxylation is 1. The van der Waals surface area contributed by atoms with Gasteiger partial charge in [0.05, 0.1) is 21.1 Å². The molecule has 1 aromatic carbocycles. The third kappa shape index (κ3) is 4.36. The summed E-state index contributed by atoms with van der Waals surface area (Å²) in [6.45, 7) is 2.26. The SMILES string of the molecule is CCCCCCc1ccc([N+](C)(C)C)cc1. The highest BCUT2D eigenvalue weighted by Crippen LogP contribution is 2.18. The van der Waals surface area contributed by atoms with E-state index in [1.54, 1.807) is 0 Å². The molecule has 1 nitrogen and oxygen atoms in total. The molecule has 0 spiro atoms. The highest BCUT2D eigenvalue weighted by Gasteiger charge is 2.10. The number of unbranched alkanes of at least 4 members (excludes halogenated alkanes) is 3. The van der Waals surface area contributed by atoms with Gasteiger partial charge in [-0.2, -0.15) is 0 Å². The molecule has 90 valence electrons. The van der Waals surface area contributed by atoms with Crippen molar-refractivity contribution in [1.29, 1.82) is 0 Å². The van der Waals surface area contributed by atoms with Crippen LogP contribution in [0.5, 0.6) is 0 Å². The van der Waals surface area contributed by atoms with Crippen LogP contribution in [0.15, 0.2) is 24.3 Å². The monoisotopic (exact) mass is 220 g/mol. The van der Waals surface area contributed by atoms with Crippen LogP contribution in [0.25, 0.3) is 0 Å². The second-order valence-corrected chi connectivity index (χ2v) is 5.49. The maximum Gasteiger partial charge on any atom is 0.132 e. The Hall–Kier alpha value is -0.820. The van der Waals surface area contributed by atoms with Crippen LogP contribution in [0, 0.1) is 0 Å². The largest absolute Gasteiger partial charge is 0.298 e. The molecule has 0 amide bonds. The number of hydrogen-bond donors (Lipinski definition) is 0. The van der Waals surface area contributed by atoms with Gasteiger partial charge in [0, 0.05) is 0 Å². The second kappa shape index (κ2) is 6.05. The van der Waals surface area contributed by atoms with E-state index in [1.165, 1.54) is 43.4 Å². The van der Waals surface area contributed by atoms with Crippen LogP contribution in [0.1, 0.15) is 38.2 Å². The van der Waals surface area contributed by atoms with E-state index in [0.717, 1.165) is 4.48 Å². The summed E-state index contributed by atoms with van der Waals surface area (Å²) in [5.41, 5.74) is 2.85. The van der Waals surface area contributed by atoms with Crippen LogP contribution < -0.4 is 4.48 Å². The molecule has 1 rings (SSSR count). The van der Waals surface area contributed by atoms with Gasteiger partial charge in [0.2, 0.25) is 0 Å². The molecule has 0 aromatic heterocycles. The zero-order valence-electron chi connectivity index (χ0n) is 11.3. The van der Waals surface area contributed by atoms with Crippen LogP contribution in [-0.4, -0.2) is 21.1 Å². The fourth-order valence-corrected chi connectivity index (χ4v) is 1.87. The summed E-state index contributed by atoms with van der Waals surface area (Å²) in [7, 11) is 6.61. The molecule has 0 bridgehead atoms. The summed E-state index contributed by atoms with van der Waals surface area (Å²) in [6.07, 6.45) is 6.62. The number of benzene rings is 1. The topological polar surface area (TPSA) is 0 Å². The first-order chi connectivity index (χ1) is 7.54. The molecule has 0 heterocycles. The first-order valence-corrected chi connectivity index (χ1v) is 6.45. The molecule has 0 fully saturated rings. The van der Waals surface area contributed by atoms with Crippen molar-refractivity contribution < 1.29 is 0 Å². The van der Waals surface area contributed by atoms with Gasteiger partial charge in [-0.25, -0.2) is 0 Å². The molecule has 16 heavy (non-hydrogen) atoms. The summed E-state index contributed by atoms with van der Waals surface area (Å²) in [5.74, 6) is 0. The van der Waals surface area contributed by atoms with Gasteiger partial charge >= 0.3 is 0 Å². The van der Waals surface area contributed by atoms with Crippen molar-refractivity contribution in [3.8, 4) is 0 Å². The molecule has 1 aromatic rings. The van der Waals surface area contributed by atoms with Crippen molar-refractivity contribution in [1.82, 2.24) is 4.48 Å². The van der Waals surface area contributed by atoms with Gasteiger partial charge < -0.3 is 0 Å². The lowest BCUT2D eigenvalue weighted by Gasteiger charge is -2.23. The first kappa shape index (κ1) is 13.2. The van der Waals surface area contributed by atoms with E-state index in [9.17, 15) is 0 Å². The Morgan fingerprint density at radius 3 is 2.00 bits per heavy atom. The normalized spacial score (nSPS) is 11.8. The summed E-state index contributed by atoms with van der Waals surface area (Å²) >= 11 is 0. The smallest absolute Gasteiger partial charge is 0.132 e. The van der Waals surface area contributed by atoms with E-state index in [0.29, 0.717) is 0 Å². The molecule has 0 atom stereocenters. The molecular formula is C15H26N+. The highest BCUT2D eigenvalue weighted by atomic mass is 15.3. The van der Waals surface area contributed by atoms with Crippen molar-refractivity contribution in [2.75, 3.05) is 21.1 Å². The zero-order valence-corrected chi connectivity index (χ0v) is 11.3. The third-order valence-corrected chi connectivity index (χ3v) is 3.03. The van der Waals surface area contributed by atoms with E-state index < -0.39 is 0 Å².